The Labute approximate surface area is 241 Å². The lowest BCUT2D eigenvalue weighted by atomic mass is 9.92. The van der Waals surface area contributed by atoms with E-state index >= 15 is 0 Å². The van der Waals surface area contributed by atoms with Gasteiger partial charge in [0.05, 0.1) is 5.56 Å². The van der Waals surface area contributed by atoms with E-state index in [9.17, 15) is 22.8 Å². The lowest BCUT2D eigenvalue weighted by Crippen LogP contribution is -2.22. The minimum absolute atomic E-state index is 0.0697. The molecule has 0 unspecified atom stereocenters. The Morgan fingerprint density at radius 1 is 0.810 bits per heavy atom. The number of hydrogen-bond donors (Lipinski definition) is 2. The third-order valence-corrected chi connectivity index (χ3v) is 7.34. The molecule has 0 fully saturated rings. The molecule has 216 valence electrons. The summed E-state index contributed by atoms with van der Waals surface area (Å²) < 4.78 is 45.5. The average molecular weight is 573 g/mol. The third kappa shape index (κ3) is 6.48. The van der Waals surface area contributed by atoms with Gasteiger partial charge in [0.15, 0.2) is 0 Å². The van der Waals surface area contributed by atoms with Crippen molar-refractivity contribution < 1.29 is 27.2 Å². The molecule has 0 saturated carbocycles. The van der Waals surface area contributed by atoms with Gasteiger partial charge in [-0.25, -0.2) is 0 Å². The topological polar surface area (TPSA) is 71.3 Å². The monoisotopic (exact) mass is 572 g/mol. The highest BCUT2D eigenvalue weighted by atomic mass is 19.4. The Bertz CT molecular complexity index is 1750. The Kier molecular flexibility index (Phi) is 8.34. The molecule has 5 nitrogen and oxygen atoms in total. The van der Waals surface area contributed by atoms with Crippen LogP contribution in [0.5, 0.6) is 0 Å². The smallest absolute Gasteiger partial charge is 0.416 e. The predicted octanol–water partition coefficient (Wildman–Crippen LogP) is 7.22. The first-order chi connectivity index (χ1) is 20.1. The van der Waals surface area contributed by atoms with E-state index in [2.05, 4.69) is 41.0 Å². The van der Waals surface area contributed by atoms with Crippen molar-refractivity contribution in [3.8, 4) is 11.1 Å². The maximum Gasteiger partial charge on any atom is 0.416 e. The molecular formula is C34H31F3N2O3. The van der Waals surface area contributed by atoms with Crippen LogP contribution in [0.3, 0.4) is 0 Å². The SMILES string of the molecule is CC(=O)NCCc1c(Cc2ccc(C(F)(F)F)cc2)oc2ccc(-c3cccc4cccc(CCNC(C)=O)c34)cc12. The molecule has 2 amide bonds. The number of fused-ring (bicyclic) bond motifs is 2. The summed E-state index contributed by atoms with van der Waals surface area (Å²) in [5.41, 5.74) is 4.74. The number of nitrogens with one attached hydrogen (secondary N) is 2. The second kappa shape index (κ2) is 12.1. The summed E-state index contributed by atoms with van der Waals surface area (Å²) in [6, 6.07) is 23.4. The lowest BCUT2D eigenvalue weighted by molar-refractivity contribution is -0.137. The molecule has 0 bridgehead atoms. The van der Waals surface area contributed by atoms with Crippen LogP contribution in [0.4, 0.5) is 13.2 Å². The molecule has 4 aromatic carbocycles. The highest BCUT2D eigenvalue weighted by Gasteiger charge is 2.30. The van der Waals surface area contributed by atoms with E-state index in [1.165, 1.54) is 26.0 Å². The second-order valence-corrected chi connectivity index (χ2v) is 10.4. The zero-order valence-electron chi connectivity index (χ0n) is 23.4. The standard InChI is InChI=1S/C34H31F3N2O3/c1-21(40)38-17-15-25-6-3-5-24-7-4-8-28(33(24)25)26-11-14-31-30(20-26)29(16-18-39-22(2)41)32(42-31)19-23-9-12-27(13-10-23)34(35,36)37/h3-14,20H,15-19H2,1-2H3,(H,38,40)(H,39,41). The summed E-state index contributed by atoms with van der Waals surface area (Å²) in [7, 11) is 0. The normalized spacial score (nSPS) is 11.6. The summed E-state index contributed by atoms with van der Waals surface area (Å²) >= 11 is 0. The minimum atomic E-state index is -4.40. The van der Waals surface area contributed by atoms with Crippen molar-refractivity contribution in [2.45, 2.75) is 39.3 Å². The van der Waals surface area contributed by atoms with Crippen molar-refractivity contribution in [1.29, 1.82) is 0 Å². The largest absolute Gasteiger partial charge is 0.460 e. The number of carbonyl (C=O) groups excluding carboxylic acids is 2. The van der Waals surface area contributed by atoms with E-state index in [4.69, 9.17) is 4.42 Å². The Hall–Kier alpha value is -4.59. The molecule has 0 atom stereocenters. The molecule has 0 aliphatic rings. The van der Waals surface area contributed by atoms with Crippen LogP contribution in [0.2, 0.25) is 0 Å². The van der Waals surface area contributed by atoms with E-state index in [0.717, 1.165) is 50.5 Å². The Morgan fingerprint density at radius 3 is 2.14 bits per heavy atom. The molecule has 5 aromatic rings. The molecule has 5 rings (SSSR count). The first-order valence-corrected chi connectivity index (χ1v) is 13.8. The fourth-order valence-electron chi connectivity index (χ4n) is 5.39. The molecule has 0 saturated heterocycles. The van der Waals surface area contributed by atoms with Crippen molar-refractivity contribution in [2.75, 3.05) is 13.1 Å². The van der Waals surface area contributed by atoms with Crippen molar-refractivity contribution in [2.24, 2.45) is 0 Å². The molecule has 0 radical (unpaired) electrons. The fraction of sp³-hybridized carbons (Fsp3) is 0.235. The number of amides is 2. The highest BCUT2D eigenvalue weighted by Crippen LogP contribution is 2.36. The van der Waals surface area contributed by atoms with Crippen LogP contribution < -0.4 is 10.6 Å². The van der Waals surface area contributed by atoms with Crippen LogP contribution in [0.15, 0.2) is 83.3 Å². The third-order valence-electron chi connectivity index (χ3n) is 7.34. The van der Waals surface area contributed by atoms with Crippen molar-refractivity contribution in [3.63, 3.8) is 0 Å². The number of alkyl halides is 3. The number of benzene rings is 4. The summed E-state index contributed by atoms with van der Waals surface area (Å²) in [5, 5.41) is 8.80. The van der Waals surface area contributed by atoms with Crippen LogP contribution >= 0.6 is 0 Å². The molecule has 0 aliphatic carbocycles. The number of furan rings is 1. The van der Waals surface area contributed by atoms with Gasteiger partial charge < -0.3 is 15.1 Å². The zero-order valence-corrected chi connectivity index (χ0v) is 23.4. The van der Waals surface area contributed by atoms with Gasteiger partial charge in [-0.2, -0.15) is 13.2 Å². The van der Waals surface area contributed by atoms with Crippen LogP contribution in [-0.2, 0) is 35.0 Å². The van der Waals surface area contributed by atoms with Crippen LogP contribution in [0.25, 0.3) is 32.9 Å². The van der Waals surface area contributed by atoms with E-state index < -0.39 is 11.7 Å². The molecule has 8 heteroatoms. The van der Waals surface area contributed by atoms with Gasteiger partial charge in [0, 0.05) is 44.3 Å². The lowest BCUT2D eigenvalue weighted by Gasteiger charge is -2.13. The van der Waals surface area contributed by atoms with E-state index in [0.29, 0.717) is 49.3 Å². The first-order valence-electron chi connectivity index (χ1n) is 13.8. The number of carbonyl (C=O) groups is 2. The van der Waals surface area contributed by atoms with E-state index in [1.54, 1.807) is 0 Å². The van der Waals surface area contributed by atoms with Crippen molar-refractivity contribution >= 4 is 33.6 Å². The quantitative estimate of drug-likeness (QED) is 0.196. The minimum Gasteiger partial charge on any atom is -0.460 e. The van der Waals surface area contributed by atoms with Crippen LogP contribution in [-0.4, -0.2) is 24.9 Å². The molecule has 42 heavy (non-hydrogen) atoms. The van der Waals surface area contributed by atoms with Gasteiger partial charge in [-0.3, -0.25) is 9.59 Å². The van der Waals surface area contributed by atoms with Gasteiger partial charge in [0.1, 0.15) is 11.3 Å². The molecule has 2 N–H and O–H groups in total. The maximum absolute atomic E-state index is 13.1. The average Bonchev–Trinajstić information content (AvgIpc) is 3.28. The predicted molar refractivity (Wildman–Crippen MR) is 158 cm³/mol. The summed E-state index contributed by atoms with van der Waals surface area (Å²) in [6.07, 6.45) is -2.90. The summed E-state index contributed by atoms with van der Waals surface area (Å²) in [4.78, 5) is 23.0. The molecule has 0 aliphatic heterocycles. The highest BCUT2D eigenvalue weighted by molar-refractivity contribution is 6.01. The maximum atomic E-state index is 13.1. The van der Waals surface area contributed by atoms with Crippen molar-refractivity contribution in [1.82, 2.24) is 10.6 Å². The Morgan fingerprint density at radius 2 is 1.48 bits per heavy atom. The van der Waals surface area contributed by atoms with Crippen molar-refractivity contribution in [3.05, 3.63) is 107 Å². The second-order valence-electron chi connectivity index (χ2n) is 10.4. The van der Waals surface area contributed by atoms with E-state index in [-0.39, 0.29) is 11.8 Å². The molecular weight excluding hydrogens is 541 g/mol. The van der Waals surface area contributed by atoms with Crippen LogP contribution in [0, 0.1) is 0 Å². The van der Waals surface area contributed by atoms with Crippen LogP contribution in [0.1, 0.15) is 41.9 Å². The van der Waals surface area contributed by atoms with E-state index in [1.807, 2.05) is 24.3 Å². The van der Waals surface area contributed by atoms with Gasteiger partial charge in [0.2, 0.25) is 11.8 Å². The number of rotatable bonds is 9. The van der Waals surface area contributed by atoms with Gasteiger partial charge in [-0.05, 0) is 70.1 Å². The van der Waals surface area contributed by atoms with Gasteiger partial charge in [-0.1, -0.05) is 54.6 Å². The zero-order chi connectivity index (χ0) is 29.9. The van der Waals surface area contributed by atoms with Gasteiger partial charge in [0.25, 0.3) is 0 Å². The number of hydrogen-bond acceptors (Lipinski definition) is 3. The fourth-order valence-corrected chi connectivity index (χ4v) is 5.39. The van der Waals surface area contributed by atoms with Gasteiger partial charge >= 0.3 is 6.18 Å². The first kappa shape index (κ1) is 28.9. The summed E-state index contributed by atoms with van der Waals surface area (Å²) in [6.45, 7) is 3.89. The molecule has 1 aromatic heterocycles. The Balaban J connectivity index is 1.56. The molecule has 1 heterocycles. The summed E-state index contributed by atoms with van der Waals surface area (Å²) in [5.74, 6) is 0.441. The number of halogens is 3. The van der Waals surface area contributed by atoms with Gasteiger partial charge in [-0.15, -0.1) is 0 Å². The molecule has 0 spiro atoms.